The summed E-state index contributed by atoms with van der Waals surface area (Å²) in [5.41, 5.74) is -4.60. The molecular formula is C17H17F6IO7S. The third kappa shape index (κ3) is 8.73. The lowest BCUT2D eigenvalue weighted by Crippen LogP contribution is -2.63. The molecule has 0 fully saturated rings. The number of halogens is 7. The van der Waals surface area contributed by atoms with Crippen LogP contribution in [-0.2, 0) is 35.6 Å². The molecule has 0 atom stereocenters. The normalized spacial score (nSPS) is 13.0. The zero-order valence-electron chi connectivity index (χ0n) is 16.0. The van der Waals surface area contributed by atoms with Crippen molar-refractivity contribution in [2.75, 3.05) is 12.4 Å². The molecule has 1 aromatic carbocycles. The van der Waals surface area contributed by atoms with Crippen molar-refractivity contribution in [3.63, 3.8) is 0 Å². The highest BCUT2D eigenvalue weighted by Gasteiger charge is 2.75. The Hall–Kier alpha value is -1.62. The molecule has 0 aliphatic heterocycles. The van der Waals surface area contributed by atoms with E-state index in [-0.39, 0.29) is 6.61 Å². The van der Waals surface area contributed by atoms with Gasteiger partial charge in [-0.3, -0.25) is 14.1 Å². The summed E-state index contributed by atoms with van der Waals surface area (Å²) in [5.74, 6) is -5.87. The lowest BCUT2D eigenvalue weighted by Gasteiger charge is -2.35. The van der Waals surface area contributed by atoms with Gasteiger partial charge in [0.1, 0.15) is 5.75 Å². The van der Waals surface area contributed by atoms with Gasteiger partial charge in [-0.2, -0.15) is 34.8 Å². The number of carbonyl (C=O) groups excluding carboxylic acids is 2. The number of esters is 2. The van der Waals surface area contributed by atoms with Gasteiger partial charge in [-0.1, -0.05) is 12.1 Å². The van der Waals surface area contributed by atoms with E-state index in [1.54, 1.807) is 12.1 Å². The topological polar surface area (TPSA) is 107 Å². The minimum Gasteiger partial charge on any atom is -0.465 e. The van der Waals surface area contributed by atoms with Crippen LogP contribution >= 0.6 is 22.6 Å². The van der Waals surface area contributed by atoms with E-state index < -0.39 is 65.0 Å². The van der Waals surface area contributed by atoms with E-state index in [4.69, 9.17) is 9.29 Å². The van der Waals surface area contributed by atoms with Crippen LogP contribution in [0.3, 0.4) is 0 Å². The summed E-state index contributed by atoms with van der Waals surface area (Å²) in [4.78, 5) is 23.2. The molecule has 0 aliphatic carbocycles. The minimum absolute atomic E-state index is 0.0382. The van der Waals surface area contributed by atoms with Crippen molar-refractivity contribution >= 4 is 44.6 Å². The molecular weight excluding hydrogens is 589 g/mol. The molecule has 0 spiro atoms. The second kappa shape index (κ2) is 11.0. The maximum absolute atomic E-state index is 13.1. The van der Waals surface area contributed by atoms with Crippen LogP contribution in [0, 0.1) is 3.57 Å². The standard InChI is InChI=1S/C17H17F6IO7S/c18-16(19,20)15(17(21,22)23,10-32(27,28)29)31-14(26)3-1-2-13(25)30-9-8-11-4-6-12(24)7-5-11/h4-7H,1-3,8-10H2,(H,27,28,29). The molecule has 1 aromatic rings. The van der Waals surface area contributed by atoms with Crippen LogP contribution in [0.5, 0.6) is 0 Å². The number of hydrogen-bond acceptors (Lipinski definition) is 6. The molecule has 0 radical (unpaired) electrons. The first-order valence-electron chi connectivity index (χ1n) is 8.67. The Morgan fingerprint density at radius 3 is 1.91 bits per heavy atom. The smallest absolute Gasteiger partial charge is 0.438 e. The van der Waals surface area contributed by atoms with E-state index in [0.29, 0.717) is 6.42 Å². The number of hydrogen-bond donors (Lipinski definition) is 1. The minimum atomic E-state index is -6.40. The first kappa shape index (κ1) is 28.4. The molecule has 0 aromatic heterocycles. The van der Waals surface area contributed by atoms with Gasteiger partial charge >= 0.3 is 29.9 Å². The van der Waals surface area contributed by atoms with Crippen molar-refractivity contribution in [3.8, 4) is 0 Å². The first-order valence-corrected chi connectivity index (χ1v) is 11.4. The van der Waals surface area contributed by atoms with Crippen LogP contribution in [0.25, 0.3) is 0 Å². The van der Waals surface area contributed by atoms with Crippen molar-refractivity contribution in [3.05, 3.63) is 33.4 Å². The summed E-state index contributed by atoms with van der Waals surface area (Å²) < 4.78 is 118. The molecule has 32 heavy (non-hydrogen) atoms. The van der Waals surface area contributed by atoms with Crippen LogP contribution in [0.1, 0.15) is 24.8 Å². The maximum atomic E-state index is 13.1. The van der Waals surface area contributed by atoms with Crippen molar-refractivity contribution < 1.29 is 58.4 Å². The van der Waals surface area contributed by atoms with Gasteiger partial charge in [-0.25, -0.2) is 0 Å². The Morgan fingerprint density at radius 2 is 1.44 bits per heavy atom. The van der Waals surface area contributed by atoms with Gasteiger partial charge in [0.15, 0.2) is 0 Å². The summed E-state index contributed by atoms with van der Waals surface area (Å²) in [6.07, 6.45) is -14.5. The fraction of sp³-hybridized carbons (Fsp3) is 0.529. The van der Waals surface area contributed by atoms with Gasteiger partial charge in [-0.05, 0) is 46.7 Å². The van der Waals surface area contributed by atoms with Crippen molar-refractivity contribution in [1.29, 1.82) is 0 Å². The molecule has 0 amide bonds. The number of rotatable bonds is 10. The average Bonchev–Trinajstić information content (AvgIpc) is 2.59. The highest BCUT2D eigenvalue weighted by molar-refractivity contribution is 14.1. The summed E-state index contributed by atoms with van der Waals surface area (Å²) in [7, 11) is -5.86. The monoisotopic (exact) mass is 606 g/mol. The van der Waals surface area contributed by atoms with Crippen LogP contribution < -0.4 is 0 Å². The van der Waals surface area contributed by atoms with Gasteiger partial charge in [0.05, 0.1) is 6.61 Å². The van der Waals surface area contributed by atoms with Gasteiger partial charge in [0.2, 0.25) is 0 Å². The summed E-state index contributed by atoms with van der Waals surface area (Å²) in [5, 5.41) is 0. The Labute approximate surface area is 192 Å². The van der Waals surface area contributed by atoms with Gasteiger partial charge in [-0.15, -0.1) is 0 Å². The molecule has 0 unspecified atom stereocenters. The third-order valence-electron chi connectivity index (χ3n) is 3.92. The molecule has 0 saturated heterocycles. The van der Waals surface area contributed by atoms with Gasteiger partial charge in [0.25, 0.3) is 10.1 Å². The molecule has 0 saturated carbocycles. The fourth-order valence-corrected chi connectivity index (χ4v) is 3.61. The second-order valence-electron chi connectivity index (χ2n) is 6.47. The lowest BCUT2D eigenvalue weighted by atomic mass is 10.1. The molecule has 0 bridgehead atoms. The quantitative estimate of drug-likeness (QED) is 0.187. The Kier molecular flexibility index (Phi) is 9.77. The molecule has 1 N–H and O–H groups in total. The zero-order valence-corrected chi connectivity index (χ0v) is 19.0. The predicted octanol–water partition coefficient (Wildman–Crippen LogP) is 3.84. The largest absolute Gasteiger partial charge is 0.465 e. The number of ether oxygens (including phenoxy) is 2. The molecule has 182 valence electrons. The first-order chi connectivity index (χ1) is 14.5. The number of alkyl halides is 6. The highest BCUT2D eigenvalue weighted by Crippen LogP contribution is 2.47. The van der Waals surface area contributed by atoms with Crippen molar-refractivity contribution in [2.24, 2.45) is 0 Å². The molecule has 15 heteroatoms. The SMILES string of the molecule is O=C(CCCC(=O)OC(CS(=O)(=O)O)(C(F)(F)F)C(F)(F)F)OCCc1ccc(I)cc1. The Balaban J connectivity index is 2.63. The average molecular weight is 606 g/mol. The van der Waals surface area contributed by atoms with E-state index in [2.05, 4.69) is 27.3 Å². The van der Waals surface area contributed by atoms with Crippen LogP contribution in [0.2, 0.25) is 0 Å². The van der Waals surface area contributed by atoms with E-state index in [0.717, 1.165) is 9.13 Å². The van der Waals surface area contributed by atoms with Crippen LogP contribution in [0.4, 0.5) is 26.3 Å². The van der Waals surface area contributed by atoms with Crippen LogP contribution in [0.15, 0.2) is 24.3 Å². The Morgan fingerprint density at radius 1 is 0.938 bits per heavy atom. The highest BCUT2D eigenvalue weighted by atomic mass is 127. The van der Waals surface area contributed by atoms with E-state index in [1.807, 2.05) is 12.1 Å². The second-order valence-corrected chi connectivity index (χ2v) is 9.17. The molecule has 1 rings (SSSR count). The Bertz CT molecular complexity index is 883. The van der Waals surface area contributed by atoms with E-state index in [1.165, 1.54) is 0 Å². The van der Waals surface area contributed by atoms with Crippen LogP contribution in [-0.4, -0.2) is 55.2 Å². The van der Waals surface area contributed by atoms with Gasteiger partial charge in [0, 0.05) is 22.8 Å². The van der Waals surface area contributed by atoms with Crippen molar-refractivity contribution in [1.82, 2.24) is 0 Å². The predicted molar refractivity (Wildman–Crippen MR) is 105 cm³/mol. The number of benzene rings is 1. The maximum Gasteiger partial charge on any atom is 0.438 e. The number of carbonyl (C=O) groups is 2. The lowest BCUT2D eigenvalue weighted by molar-refractivity contribution is -0.361. The van der Waals surface area contributed by atoms with E-state index in [9.17, 15) is 44.3 Å². The van der Waals surface area contributed by atoms with Crippen molar-refractivity contribution in [2.45, 2.75) is 43.6 Å². The summed E-state index contributed by atoms with van der Waals surface area (Å²) in [6, 6.07) is 7.25. The molecule has 0 aliphatic rings. The summed E-state index contributed by atoms with van der Waals surface area (Å²) in [6.45, 7) is -0.0382. The fourth-order valence-electron chi connectivity index (χ4n) is 2.35. The zero-order chi connectivity index (χ0) is 24.8. The molecule has 7 nitrogen and oxygen atoms in total. The molecule has 0 heterocycles. The van der Waals surface area contributed by atoms with Gasteiger partial charge < -0.3 is 9.47 Å². The van der Waals surface area contributed by atoms with E-state index >= 15 is 0 Å². The summed E-state index contributed by atoms with van der Waals surface area (Å²) >= 11 is 2.10. The third-order valence-corrected chi connectivity index (χ3v) is 5.41.